The summed E-state index contributed by atoms with van der Waals surface area (Å²) in [7, 11) is -2.92. The second-order valence-corrected chi connectivity index (χ2v) is 8.20. The highest BCUT2D eigenvalue weighted by Gasteiger charge is 2.28. The standard InChI is InChI=1S/C16H22N6O2S/c1-2-17-16(21-14-6-7-25(23,24)10-14)18-9-12-4-3-5-13(8-12)15-19-11-20-22-15/h3-5,8,11,14H,2,6-7,9-10H2,1H3,(H2,17,18,21)(H,19,20,22). The summed E-state index contributed by atoms with van der Waals surface area (Å²) in [6.07, 6.45) is 2.09. The summed E-state index contributed by atoms with van der Waals surface area (Å²) in [6, 6.07) is 7.83. The van der Waals surface area contributed by atoms with E-state index in [1.807, 2.05) is 31.2 Å². The predicted molar refractivity (Wildman–Crippen MR) is 96.8 cm³/mol. The summed E-state index contributed by atoms with van der Waals surface area (Å²) in [6.45, 7) is 3.17. The van der Waals surface area contributed by atoms with Gasteiger partial charge in [0.25, 0.3) is 0 Å². The van der Waals surface area contributed by atoms with Crippen molar-refractivity contribution in [3.8, 4) is 11.4 Å². The molecule has 2 heterocycles. The second kappa shape index (κ2) is 7.64. The molecule has 0 spiro atoms. The van der Waals surface area contributed by atoms with Gasteiger partial charge in [-0.1, -0.05) is 18.2 Å². The maximum atomic E-state index is 11.6. The van der Waals surface area contributed by atoms with Crippen LogP contribution in [0.2, 0.25) is 0 Å². The molecule has 25 heavy (non-hydrogen) atoms. The minimum atomic E-state index is -2.92. The molecular weight excluding hydrogens is 340 g/mol. The van der Waals surface area contributed by atoms with E-state index in [0.717, 1.165) is 11.1 Å². The molecule has 1 aromatic heterocycles. The lowest BCUT2D eigenvalue weighted by atomic mass is 10.1. The number of hydrogen-bond acceptors (Lipinski definition) is 5. The third-order valence-electron chi connectivity index (χ3n) is 3.95. The van der Waals surface area contributed by atoms with Gasteiger partial charge >= 0.3 is 0 Å². The Morgan fingerprint density at radius 3 is 3.00 bits per heavy atom. The number of H-pyrrole nitrogens is 1. The van der Waals surface area contributed by atoms with Crippen molar-refractivity contribution in [1.82, 2.24) is 25.8 Å². The van der Waals surface area contributed by atoms with Crippen LogP contribution in [0, 0.1) is 0 Å². The van der Waals surface area contributed by atoms with Gasteiger partial charge in [0.05, 0.1) is 18.1 Å². The largest absolute Gasteiger partial charge is 0.357 e. The molecule has 134 valence electrons. The van der Waals surface area contributed by atoms with Crippen LogP contribution in [0.1, 0.15) is 18.9 Å². The third kappa shape index (κ3) is 4.79. The number of nitrogens with one attached hydrogen (secondary N) is 3. The number of aromatic nitrogens is 3. The van der Waals surface area contributed by atoms with Gasteiger partial charge in [-0.05, 0) is 25.0 Å². The fourth-order valence-corrected chi connectivity index (χ4v) is 4.43. The smallest absolute Gasteiger partial charge is 0.191 e. The second-order valence-electron chi connectivity index (χ2n) is 5.97. The van der Waals surface area contributed by atoms with Crippen molar-refractivity contribution < 1.29 is 8.42 Å². The molecule has 1 atom stereocenters. The van der Waals surface area contributed by atoms with E-state index in [9.17, 15) is 8.42 Å². The number of aromatic amines is 1. The van der Waals surface area contributed by atoms with E-state index in [2.05, 4.69) is 30.8 Å². The number of rotatable bonds is 5. The molecule has 8 nitrogen and oxygen atoms in total. The molecule has 1 fully saturated rings. The number of hydrogen-bond donors (Lipinski definition) is 3. The molecule has 3 N–H and O–H groups in total. The van der Waals surface area contributed by atoms with E-state index in [4.69, 9.17) is 0 Å². The minimum Gasteiger partial charge on any atom is -0.357 e. The van der Waals surface area contributed by atoms with Gasteiger partial charge in [-0.3, -0.25) is 5.10 Å². The van der Waals surface area contributed by atoms with Crippen LogP contribution < -0.4 is 10.6 Å². The number of guanidine groups is 1. The first-order valence-electron chi connectivity index (χ1n) is 8.25. The first-order chi connectivity index (χ1) is 12.1. The minimum absolute atomic E-state index is 0.0803. The summed E-state index contributed by atoms with van der Waals surface area (Å²) in [5, 5.41) is 13.1. The average Bonchev–Trinajstić information content (AvgIpc) is 3.23. The number of benzene rings is 1. The van der Waals surface area contributed by atoms with Crippen molar-refractivity contribution in [2.24, 2.45) is 4.99 Å². The molecule has 1 aliphatic rings. The van der Waals surface area contributed by atoms with Crippen LogP contribution in [-0.2, 0) is 16.4 Å². The van der Waals surface area contributed by atoms with E-state index >= 15 is 0 Å². The summed E-state index contributed by atoms with van der Waals surface area (Å²) in [4.78, 5) is 8.72. The molecule has 0 saturated carbocycles. The Balaban J connectivity index is 1.68. The van der Waals surface area contributed by atoms with Crippen LogP contribution >= 0.6 is 0 Å². The lowest BCUT2D eigenvalue weighted by Gasteiger charge is -2.15. The average molecular weight is 362 g/mol. The zero-order valence-corrected chi connectivity index (χ0v) is 14.9. The normalized spacial score (nSPS) is 19.7. The highest BCUT2D eigenvalue weighted by molar-refractivity contribution is 7.91. The van der Waals surface area contributed by atoms with Crippen LogP contribution in [0.5, 0.6) is 0 Å². The zero-order chi connectivity index (χ0) is 17.7. The Labute approximate surface area is 147 Å². The van der Waals surface area contributed by atoms with Crippen molar-refractivity contribution in [2.45, 2.75) is 25.9 Å². The van der Waals surface area contributed by atoms with Gasteiger partial charge in [0, 0.05) is 18.2 Å². The third-order valence-corrected chi connectivity index (χ3v) is 5.72. The summed E-state index contributed by atoms with van der Waals surface area (Å²) in [5.41, 5.74) is 1.98. The van der Waals surface area contributed by atoms with E-state index in [0.29, 0.717) is 31.3 Å². The molecule has 1 aliphatic heterocycles. The van der Waals surface area contributed by atoms with Crippen LogP contribution in [0.4, 0.5) is 0 Å². The Hall–Kier alpha value is -2.42. The fraction of sp³-hybridized carbons (Fsp3) is 0.438. The Kier molecular flexibility index (Phi) is 5.32. The number of nitrogens with zero attached hydrogens (tertiary/aromatic N) is 3. The topological polar surface area (TPSA) is 112 Å². The molecule has 2 aromatic rings. The molecule has 3 rings (SSSR count). The predicted octanol–water partition coefficient (Wildman–Crippen LogP) is 0.714. The van der Waals surface area contributed by atoms with Gasteiger partial charge < -0.3 is 10.6 Å². The SMILES string of the molecule is CCNC(=NCc1cccc(-c2ncn[nH]2)c1)NC1CCS(=O)(=O)C1. The van der Waals surface area contributed by atoms with Crippen molar-refractivity contribution in [1.29, 1.82) is 0 Å². The van der Waals surface area contributed by atoms with Gasteiger partial charge in [-0.25, -0.2) is 18.4 Å². The molecule has 0 aliphatic carbocycles. The summed E-state index contributed by atoms with van der Waals surface area (Å²) < 4.78 is 23.2. The van der Waals surface area contributed by atoms with E-state index < -0.39 is 9.84 Å². The molecule has 0 bridgehead atoms. The maximum Gasteiger partial charge on any atom is 0.191 e. The molecule has 1 saturated heterocycles. The van der Waals surface area contributed by atoms with Crippen molar-refractivity contribution in [3.63, 3.8) is 0 Å². The van der Waals surface area contributed by atoms with E-state index in [-0.39, 0.29) is 17.5 Å². The highest BCUT2D eigenvalue weighted by atomic mass is 32.2. The summed E-state index contributed by atoms with van der Waals surface area (Å²) in [5.74, 6) is 1.75. The Morgan fingerprint density at radius 1 is 1.44 bits per heavy atom. The molecule has 0 amide bonds. The van der Waals surface area contributed by atoms with E-state index in [1.54, 1.807) is 0 Å². The van der Waals surface area contributed by atoms with Crippen molar-refractivity contribution in [3.05, 3.63) is 36.2 Å². The van der Waals surface area contributed by atoms with Crippen molar-refractivity contribution >= 4 is 15.8 Å². The molecule has 1 unspecified atom stereocenters. The van der Waals surface area contributed by atoms with Crippen LogP contribution in [0.15, 0.2) is 35.6 Å². The Morgan fingerprint density at radius 2 is 2.32 bits per heavy atom. The molecule has 9 heteroatoms. The number of aliphatic imine (C=N–C) groups is 1. The monoisotopic (exact) mass is 362 g/mol. The molecule has 0 radical (unpaired) electrons. The van der Waals surface area contributed by atoms with Crippen LogP contribution in [0.3, 0.4) is 0 Å². The van der Waals surface area contributed by atoms with Gasteiger partial charge in [-0.15, -0.1) is 0 Å². The zero-order valence-electron chi connectivity index (χ0n) is 14.1. The fourth-order valence-electron chi connectivity index (χ4n) is 2.75. The molecular formula is C16H22N6O2S. The van der Waals surface area contributed by atoms with Crippen LogP contribution in [0.25, 0.3) is 11.4 Å². The van der Waals surface area contributed by atoms with Gasteiger partial charge in [0.15, 0.2) is 21.6 Å². The maximum absolute atomic E-state index is 11.6. The lowest BCUT2D eigenvalue weighted by Crippen LogP contribution is -2.44. The summed E-state index contributed by atoms with van der Waals surface area (Å²) >= 11 is 0. The van der Waals surface area contributed by atoms with Gasteiger partial charge in [-0.2, -0.15) is 5.10 Å². The lowest BCUT2D eigenvalue weighted by molar-refractivity contribution is 0.599. The number of sulfone groups is 1. The quantitative estimate of drug-likeness (QED) is 0.534. The van der Waals surface area contributed by atoms with Crippen molar-refractivity contribution in [2.75, 3.05) is 18.1 Å². The van der Waals surface area contributed by atoms with Gasteiger partial charge in [0.2, 0.25) is 0 Å². The molecule has 1 aromatic carbocycles. The first kappa shape index (κ1) is 17.4. The van der Waals surface area contributed by atoms with Crippen LogP contribution in [-0.4, -0.2) is 53.7 Å². The van der Waals surface area contributed by atoms with E-state index in [1.165, 1.54) is 6.33 Å². The first-order valence-corrected chi connectivity index (χ1v) is 10.1. The van der Waals surface area contributed by atoms with Gasteiger partial charge in [0.1, 0.15) is 6.33 Å². The highest BCUT2D eigenvalue weighted by Crippen LogP contribution is 2.16. The Bertz CT molecular complexity index is 832.